The molecule has 0 aliphatic carbocycles. The Kier molecular flexibility index (Phi) is 8.41. The quantitative estimate of drug-likeness (QED) is 0.578. The van der Waals surface area contributed by atoms with Crippen LogP contribution in [0.25, 0.3) is 0 Å². The topological polar surface area (TPSA) is 95.9 Å². The number of aliphatic hydroxyl groups excluding tert-OH is 1. The molecule has 1 saturated heterocycles. The van der Waals surface area contributed by atoms with E-state index in [1.165, 1.54) is 24.3 Å². The van der Waals surface area contributed by atoms with E-state index in [4.69, 9.17) is 27.9 Å². The highest BCUT2D eigenvalue weighted by Gasteiger charge is 2.23. The highest BCUT2D eigenvalue weighted by Crippen LogP contribution is 2.28. The van der Waals surface area contributed by atoms with Crippen molar-refractivity contribution in [3.05, 3.63) is 58.1 Å². The molecule has 2 aromatic carbocycles. The van der Waals surface area contributed by atoms with Crippen LogP contribution in [0.5, 0.6) is 5.75 Å². The highest BCUT2D eigenvalue weighted by molar-refractivity contribution is 7.90. The van der Waals surface area contributed by atoms with E-state index in [9.17, 15) is 18.3 Å². The predicted octanol–water partition coefficient (Wildman–Crippen LogP) is 3.03. The van der Waals surface area contributed by atoms with Crippen LogP contribution in [-0.4, -0.2) is 69.0 Å². The molecule has 32 heavy (non-hydrogen) atoms. The second-order valence-electron chi connectivity index (χ2n) is 7.86. The molecule has 0 saturated carbocycles. The van der Waals surface area contributed by atoms with Crippen molar-refractivity contribution >= 4 is 38.9 Å². The number of aliphatic hydroxyl groups is 1. The van der Waals surface area contributed by atoms with Crippen molar-refractivity contribution in [3.63, 3.8) is 0 Å². The lowest BCUT2D eigenvalue weighted by Crippen LogP contribution is -2.45. The summed E-state index contributed by atoms with van der Waals surface area (Å²) in [5, 5.41) is 13.9. The third-order valence-corrected chi connectivity index (χ3v) is 7.07. The number of carbonyl (C=O) groups excluding carboxylic acids is 1. The van der Waals surface area contributed by atoms with Crippen LogP contribution >= 0.6 is 23.2 Å². The molecule has 1 atom stereocenters. The number of ether oxygens (including phenoxy) is 1. The molecule has 1 aliphatic heterocycles. The molecule has 0 bridgehead atoms. The summed E-state index contributed by atoms with van der Waals surface area (Å²) < 4.78 is 29.3. The predicted molar refractivity (Wildman–Crippen MR) is 124 cm³/mol. The van der Waals surface area contributed by atoms with Crippen molar-refractivity contribution in [3.8, 4) is 5.75 Å². The van der Waals surface area contributed by atoms with Gasteiger partial charge in [-0.3, -0.25) is 4.79 Å². The van der Waals surface area contributed by atoms with E-state index in [0.29, 0.717) is 22.3 Å². The summed E-state index contributed by atoms with van der Waals surface area (Å²) >= 11 is 12.0. The first-order valence-electron chi connectivity index (χ1n) is 10.2. The zero-order valence-corrected chi connectivity index (χ0v) is 20.0. The van der Waals surface area contributed by atoms with Crippen LogP contribution in [0.1, 0.15) is 23.2 Å². The minimum atomic E-state index is -3.40. The first-order valence-corrected chi connectivity index (χ1v) is 12.9. The number of β-amino-alcohol motifs (C(OH)–C–C–N with tert-alkyl or cyclic N) is 1. The van der Waals surface area contributed by atoms with Gasteiger partial charge >= 0.3 is 0 Å². The SMILES string of the molecule is CS(=O)(=O)c1cccc(C(=O)NCC(O)CN2CCC(Oc3ccc(Cl)c(Cl)c3)CC2)c1. The van der Waals surface area contributed by atoms with E-state index in [1.807, 2.05) is 0 Å². The number of nitrogens with zero attached hydrogens (tertiary/aromatic N) is 1. The second kappa shape index (κ2) is 10.9. The Morgan fingerprint density at radius 3 is 2.56 bits per heavy atom. The number of amides is 1. The zero-order valence-electron chi connectivity index (χ0n) is 17.6. The Hall–Kier alpha value is -1.84. The number of likely N-dealkylation sites (tertiary alicyclic amines) is 1. The summed E-state index contributed by atoms with van der Waals surface area (Å²) in [5.74, 6) is 0.254. The third-order valence-electron chi connectivity index (χ3n) is 5.22. The van der Waals surface area contributed by atoms with Crippen molar-refractivity contribution in [1.82, 2.24) is 10.2 Å². The minimum Gasteiger partial charge on any atom is -0.490 e. The van der Waals surface area contributed by atoms with Gasteiger partial charge in [0.25, 0.3) is 5.91 Å². The summed E-state index contributed by atoms with van der Waals surface area (Å²) in [4.78, 5) is 14.5. The van der Waals surface area contributed by atoms with Crippen LogP contribution in [-0.2, 0) is 9.84 Å². The minimum absolute atomic E-state index is 0.0578. The van der Waals surface area contributed by atoms with Crippen molar-refractivity contribution < 1.29 is 23.1 Å². The van der Waals surface area contributed by atoms with Gasteiger partial charge in [-0.15, -0.1) is 0 Å². The largest absolute Gasteiger partial charge is 0.490 e. The van der Waals surface area contributed by atoms with Gasteiger partial charge in [-0.05, 0) is 43.2 Å². The van der Waals surface area contributed by atoms with E-state index < -0.39 is 21.8 Å². The van der Waals surface area contributed by atoms with Gasteiger partial charge in [-0.25, -0.2) is 8.42 Å². The van der Waals surface area contributed by atoms with Gasteiger partial charge in [0.05, 0.1) is 21.0 Å². The Morgan fingerprint density at radius 1 is 1.19 bits per heavy atom. The maximum absolute atomic E-state index is 12.3. The Labute approximate surface area is 198 Å². The molecule has 0 aromatic heterocycles. The number of halogens is 2. The van der Waals surface area contributed by atoms with Gasteiger partial charge in [-0.1, -0.05) is 29.3 Å². The van der Waals surface area contributed by atoms with E-state index >= 15 is 0 Å². The first-order chi connectivity index (χ1) is 15.1. The number of hydrogen-bond donors (Lipinski definition) is 2. The summed E-state index contributed by atoms with van der Waals surface area (Å²) in [6, 6.07) is 11.0. The van der Waals surface area contributed by atoms with E-state index in [2.05, 4.69) is 10.2 Å². The summed E-state index contributed by atoms with van der Waals surface area (Å²) in [6.45, 7) is 2.01. The Balaban J connectivity index is 1.42. The summed E-state index contributed by atoms with van der Waals surface area (Å²) in [5.41, 5.74) is 0.236. The molecule has 2 N–H and O–H groups in total. The number of nitrogens with one attached hydrogen (secondary N) is 1. The Morgan fingerprint density at radius 2 is 1.91 bits per heavy atom. The molecule has 1 unspecified atom stereocenters. The summed E-state index contributed by atoms with van der Waals surface area (Å²) in [7, 11) is -3.40. The molecule has 3 rings (SSSR count). The molecule has 1 fully saturated rings. The van der Waals surface area contributed by atoms with Crippen LogP contribution < -0.4 is 10.1 Å². The van der Waals surface area contributed by atoms with Gasteiger partial charge in [-0.2, -0.15) is 0 Å². The van der Waals surface area contributed by atoms with Crippen molar-refractivity contribution in [2.24, 2.45) is 0 Å². The fourth-order valence-electron chi connectivity index (χ4n) is 3.50. The van der Waals surface area contributed by atoms with Crippen LogP contribution in [0.3, 0.4) is 0 Å². The number of rotatable bonds is 8. The smallest absolute Gasteiger partial charge is 0.251 e. The average molecular weight is 501 g/mol. The third kappa shape index (κ3) is 7.08. The van der Waals surface area contributed by atoms with E-state index in [1.54, 1.807) is 18.2 Å². The molecular weight excluding hydrogens is 475 g/mol. The molecule has 1 heterocycles. The van der Waals surface area contributed by atoms with Crippen LogP contribution in [0.4, 0.5) is 0 Å². The van der Waals surface area contributed by atoms with Crippen LogP contribution in [0, 0.1) is 0 Å². The standard InChI is InChI=1S/C22H26Cl2N2O5S/c1-32(29,30)19-4-2-3-15(11-19)22(28)25-13-16(27)14-26-9-7-17(8-10-26)31-18-5-6-20(23)21(24)12-18/h2-6,11-12,16-17,27H,7-10,13-14H2,1H3,(H,25,28). The van der Waals surface area contributed by atoms with Crippen molar-refractivity contribution in [1.29, 1.82) is 0 Å². The number of benzene rings is 2. The maximum Gasteiger partial charge on any atom is 0.251 e. The molecule has 0 radical (unpaired) electrons. The molecule has 174 valence electrons. The maximum atomic E-state index is 12.3. The lowest BCUT2D eigenvalue weighted by atomic mass is 10.1. The molecule has 7 nitrogen and oxygen atoms in total. The molecule has 10 heteroatoms. The van der Waals surface area contributed by atoms with Gasteiger partial charge in [0.1, 0.15) is 11.9 Å². The summed E-state index contributed by atoms with van der Waals surface area (Å²) in [6.07, 6.45) is 2.01. The monoisotopic (exact) mass is 500 g/mol. The lowest BCUT2D eigenvalue weighted by molar-refractivity contribution is 0.0594. The lowest BCUT2D eigenvalue weighted by Gasteiger charge is -2.33. The molecular formula is C22H26Cl2N2O5S. The normalized spacial score (nSPS) is 16.5. The van der Waals surface area contributed by atoms with Crippen molar-refractivity contribution in [2.45, 2.75) is 29.9 Å². The van der Waals surface area contributed by atoms with Crippen LogP contribution in [0.15, 0.2) is 47.4 Å². The van der Waals surface area contributed by atoms with E-state index in [0.717, 1.165) is 32.2 Å². The van der Waals surface area contributed by atoms with Gasteiger partial charge < -0.3 is 20.1 Å². The fourth-order valence-corrected chi connectivity index (χ4v) is 4.45. The number of carbonyl (C=O) groups is 1. The molecule has 2 aromatic rings. The number of piperidine rings is 1. The Bertz CT molecular complexity index is 1060. The molecule has 1 amide bonds. The first kappa shape index (κ1) is 24.8. The fraction of sp³-hybridized carbons (Fsp3) is 0.409. The average Bonchev–Trinajstić information content (AvgIpc) is 2.75. The number of hydrogen-bond acceptors (Lipinski definition) is 6. The van der Waals surface area contributed by atoms with Crippen molar-refractivity contribution in [2.75, 3.05) is 32.4 Å². The highest BCUT2D eigenvalue weighted by atomic mass is 35.5. The number of sulfone groups is 1. The van der Waals surface area contributed by atoms with Gasteiger partial charge in [0.15, 0.2) is 9.84 Å². The van der Waals surface area contributed by atoms with E-state index in [-0.39, 0.29) is 23.1 Å². The van der Waals surface area contributed by atoms with Crippen LogP contribution in [0.2, 0.25) is 10.0 Å². The second-order valence-corrected chi connectivity index (χ2v) is 10.7. The molecule has 1 aliphatic rings. The zero-order chi connectivity index (χ0) is 23.3. The van der Waals surface area contributed by atoms with Gasteiger partial charge in [0, 0.05) is 44.1 Å². The van der Waals surface area contributed by atoms with Gasteiger partial charge in [0.2, 0.25) is 0 Å². The molecule has 0 spiro atoms.